The van der Waals surface area contributed by atoms with E-state index in [9.17, 15) is 44.3 Å². The monoisotopic (exact) mass is 634 g/mol. The molecule has 1 atom stereocenters. The Labute approximate surface area is 233 Å². The first-order valence-electron chi connectivity index (χ1n) is 11.0. The second-order valence-corrected chi connectivity index (χ2v) is 10.0. The van der Waals surface area contributed by atoms with Gasteiger partial charge in [0, 0.05) is 6.42 Å². The molecule has 2 aromatic carbocycles. The first-order chi connectivity index (χ1) is 18.9. The van der Waals surface area contributed by atoms with Crippen LogP contribution in [0.3, 0.4) is 0 Å². The van der Waals surface area contributed by atoms with Gasteiger partial charge in [-0.3, -0.25) is 0 Å². The van der Waals surface area contributed by atoms with E-state index in [0.29, 0.717) is 30.4 Å². The van der Waals surface area contributed by atoms with Crippen molar-refractivity contribution in [3.8, 4) is 5.75 Å². The molecule has 0 bridgehead atoms. The molecule has 0 heterocycles. The number of benzene rings is 2. The number of alkyl halides is 6. The minimum Gasteiger partial charge on any atom is -0.493 e. The van der Waals surface area contributed by atoms with Crippen molar-refractivity contribution in [2.75, 3.05) is 13.2 Å². The zero-order valence-corrected chi connectivity index (χ0v) is 22.0. The summed E-state index contributed by atoms with van der Waals surface area (Å²) in [5.41, 5.74) is 9.07. The fourth-order valence-electron chi connectivity index (χ4n) is 2.93. The summed E-state index contributed by atoms with van der Waals surface area (Å²) in [6.07, 6.45) is -10.7. The quantitative estimate of drug-likeness (QED) is 0.0604. The van der Waals surface area contributed by atoms with Crippen LogP contribution < -0.4 is 20.9 Å². The lowest BCUT2D eigenvalue weighted by Gasteiger charge is -2.19. The van der Waals surface area contributed by atoms with Crippen molar-refractivity contribution in [1.29, 1.82) is 0 Å². The number of rotatable bonds is 12. The molecule has 19 heteroatoms. The Morgan fingerprint density at radius 3 is 2.17 bits per heavy atom. The Bertz CT molecular complexity index is 1370. The van der Waals surface area contributed by atoms with Crippen LogP contribution in [0, 0.1) is 0 Å². The number of esters is 2. The van der Waals surface area contributed by atoms with Crippen LogP contribution in [0.4, 0.5) is 26.3 Å². The number of nitrogens with two attached hydrogens (primary N) is 2. The summed E-state index contributed by atoms with van der Waals surface area (Å²) < 4.78 is 113. The highest BCUT2D eigenvalue weighted by atomic mass is 35.5. The van der Waals surface area contributed by atoms with Crippen molar-refractivity contribution in [1.82, 2.24) is 4.72 Å². The van der Waals surface area contributed by atoms with Gasteiger partial charge >= 0.3 is 24.3 Å². The molecule has 2 rings (SSSR count). The lowest BCUT2D eigenvalue weighted by molar-refractivity contribution is -0.202. The van der Waals surface area contributed by atoms with E-state index in [1.54, 1.807) is 4.72 Å². The maximum Gasteiger partial charge on any atom is 0.491 e. The van der Waals surface area contributed by atoms with Crippen molar-refractivity contribution >= 4 is 39.5 Å². The Hall–Kier alpha value is -3.77. The molecule has 0 aliphatic carbocycles. The molecule has 2 aromatic rings. The van der Waals surface area contributed by atoms with Crippen LogP contribution in [0.25, 0.3) is 0 Å². The van der Waals surface area contributed by atoms with Gasteiger partial charge in [0.1, 0.15) is 23.3 Å². The van der Waals surface area contributed by atoms with Crippen molar-refractivity contribution < 1.29 is 58.7 Å². The van der Waals surface area contributed by atoms with Gasteiger partial charge in [0.25, 0.3) is 0 Å². The van der Waals surface area contributed by atoms with E-state index in [4.69, 9.17) is 32.6 Å². The number of ether oxygens (including phenoxy) is 2. The molecule has 0 aliphatic rings. The first kappa shape index (κ1) is 33.4. The van der Waals surface area contributed by atoms with Crippen LogP contribution in [0.1, 0.15) is 17.5 Å². The highest BCUT2D eigenvalue weighted by Crippen LogP contribution is 2.33. The topological polar surface area (TPSA) is 172 Å². The third-order valence-corrected chi connectivity index (χ3v) is 6.69. The van der Waals surface area contributed by atoms with Crippen LogP contribution in [-0.2, 0) is 41.8 Å². The van der Waals surface area contributed by atoms with Crippen molar-refractivity contribution in [3.05, 3.63) is 58.6 Å². The van der Waals surface area contributed by atoms with Gasteiger partial charge in [0.05, 0.1) is 17.2 Å². The number of hydrogen-bond donors (Lipinski definition) is 3. The highest BCUT2D eigenvalue weighted by Gasteiger charge is 2.44. The highest BCUT2D eigenvalue weighted by molar-refractivity contribution is 7.89. The Balaban J connectivity index is 2.22. The Morgan fingerprint density at radius 1 is 1.00 bits per heavy atom. The molecule has 226 valence electrons. The number of hydrogen-bond acceptors (Lipinski definition) is 8. The van der Waals surface area contributed by atoms with E-state index in [2.05, 4.69) is 9.89 Å². The van der Waals surface area contributed by atoms with E-state index < -0.39 is 62.3 Å². The van der Waals surface area contributed by atoms with E-state index in [0.717, 1.165) is 0 Å². The maximum atomic E-state index is 12.9. The molecule has 11 nitrogen and oxygen atoms in total. The van der Waals surface area contributed by atoms with Gasteiger partial charge < -0.3 is 25.8 Å². The molecule has 0 fully saturated rings. The van der Waals surface area contributed by atoms with E-state index in [1.165, 1.54) is 24.3 Å². The number of sulfonamides is 1. The summed E-state index contributed by atoms with van der Waals surface area (Å²) in [6.45, 7) is 0.279. The van der Waals surface area contributed by atoms with Crippen LogP contribution in [0.5, 0.6) is 5.75 Å². The van der Waals surface area contributed by atoms with Gasteiger partial charge in [-0.25, -0.2) is 18.0 Å². The minimum atomic E-state index is -5.58. The second kappa shape index (κ2) is 13.7. The molecule has 0 aliphatic heterocycles. The zero-order valence-electron chi connectivity index (χ0n) is 20.5. The summed E-state index contributed by atoms with van der Waals surface area (Å²) in [5.74, 6) is -4.80. The summed E-state index contributed by atoms with van der Waals surface area (Å²) in [7, 11) is -4.93. The predicted octanol–water partition coefficient (Wildman–Crippen LogP) is 2.85. The molecular weight excluding hydrogens is 614 g/mol. The van der Waals surface area contributed by atoms with Crippen LogP contribution in [0.15, 0.2) is 52.5 Å². The smallest absolute Gasteiger partial charge is 0.491 e. The lowest BCUT2D eigenvalue weighted by atomic mass is 10.1. The number of oxime groups is 1. The lowest BCUT2D eigenvalue weighted by Crippen LogP contribution is -2.45. The van der Waals surface area contributed by atoms with Gasteiger partial charge in [-0.2, -0.15) is 31.1 Å². The molecule has 0 saturated carbocycles. The van der Waals surface area contributed by atoms with E-state index >= 15 is 0 Å². The van der Waals surface area contributed by atoms with E-state index in [1.807, 2.05) is 0 Å². The van der Waals surface area contributed by atoms with Gasteiger partial charge in [-0.15, -0.1) is 0 Å². The number of carbonyl (C=O) groups is 2. The summed E-state index contributed by atoms with van der Waals surface area (Å²) in [4.78, 5) is 27.4. The number of carbonyl (C=O) groups excluding carboxylic acids is 2. The molecule has 0 saturated heterocycles. The van der Waals surface area contributed by atoms with Gasteiger partial charge in [0.15, 0.2) is 0 Å². The van der Waals surface area contributed by atoms with Crippen LogP contribution >= 0.6 is 11.6 Å². The average molecular weight is 635 g/mol. The molecule has 0 aromatic heterocycles. The molecule has 41 heavy (non-hydrogen) atoms. The summed E-state index contributed by atoms with van der Waals surface area (Å²) in [5, 5.41) is 2.42. The number of guanidine groups is 1. The number of nitrogens with zero attached hydrogens (tertiary/aromatic N) is 1. The van der Waals surface area contributed by atoms with Gasteiger partial charge in [0.2, 0.25) is 16.0 Å². The summed E-state index contributed by atoms with van der Waals surface area (Å²) in [6, 6.07) is 4.49. The van der Waals surface area contributed by atoms with Crippen molar-refractivity contribution in [2.24, 2.45) is 16.6 Å². The Kier molecular flexibility index (Phi) is 11.2. The van der Waals surface area contributed by atoms with Crippen molar-refractivity contribution in [2.45, 2.75) is 36.1 Å². The first-order valence-corrected chi connectivity index (χ1v) is 12.9. The zero-order chi connectivity index (χ0) is 31.0. The molecule has 0 spiro atoms. The molecule has 0 radical (unpaired) electrons. The second-order valence-electron chi connectivity index (χ2n) is 7.92. The summed E-state index contributed by atoms with van der Waals surface area (Å²) >= 11 is 5.71. The average Bonchev–Trinajstić information content (AvgIpc) is 2.85. The number of halogens is 7. The number of nitrogens with one attached hydrogen (secondary N) is 1. The molecule has 0 unspecified atom stereocenters. The Morgan fingerprint density at radius 2 is 1.63 bits per heavy atom. The third-order valence-electron chi connectivity index (χ3n) is 4.74. The van der Waals surface area contributed by atoms with Gasteiger partial charge in [-0.1, -0.05) is 23.7 Å². The third kappa shape index (κ3) is 10.6. The maximum absolute atomic E-state index is 12.9. The molecule has 0 amide bonds. The normalized spacial score (nSPS) is 12.8. The largest absolute Gasteiger partial charge is 0.493 e. The standard InChI is InChI=1S/C22H21ClF6N4O7S/c23-15-11-13(21(24,25)26)4-7-17(15)41(36,37)33-16(18(34)40-19(35)22(27,28)29)10-12-2-5-14(6-3-12)38-8-1-9-39-32-20(30)31/h2-7,11,16,33H,1,8-10H2,(H4,30,31,32)/t16-/m0/s1. The fraction of sp³-hybridized carbons (Fsp3) is 0.318. The van der Waals surface area contributed by atoms with Crippen molar-refractivity contribution in [3.63, 3.8) is 0 Å². The van der Waals surface area contributed by atoms with E-state index in [-0.39, 0.29) is 24.7 Å². The SMILES string of the molecule is NC(N)=NOCCCOc1ccc(C[C@H](NS(=O)(=O)c2ccc(C(F)(F)F)cc2Cl)C(=O)OC(=O)C(F)(F)F)cc1. The van der Waals surface area contributed by atoms with Crippen LogP contribution in [-0.4, -0.2) is 51.7 Å². The predicted molar refractivity (Wildman–Crippen MR) is 130 cm³/mol. The fourth-order valence-corrected chi connectivity index (χ4v) is 4.66. The van der Waals surface area contributed by atoms with Crippen LogP contribution in [0.2, 0.25) is 5.02 Å². The molecular formula is C22H21ClF6N4O7S. The minimum absolute atomic E-state index is 0.125. The molecule has 5 N–H and O–H groups in total. The van der Waals surface area contributed by atoms with Gasteiger partial charge in [-0.05, 0) is 47.5 Å².